The Bertz CT molecular complexity index is 969. The predicted octanol–water partition coefficient (Wildman–Crippen LogP) is 3.37. The minimum Gasteiger partial charge on any atom is -0.351 e. The number of aryl methyl sites for hydroxylation is 2. The Hall–Kier alpha value is -2.95. The van der Waals surface area contributed by atoms with E-state index >= 15 is 0 Å². The summed E-state index contributed by atoms with van der Waals surface area (Å²) in [5, 5.41) is 1.27. The van der Waals surface area contributed by atoms with E-state index in [4.69, 9.17) is 0 Å². The number of aromatic amines is 1. The van der Waals surface area contributed by atoms with Crippen LogP contribution in [0.25, 0.3) is 10.9 Å². The molecule has 1 unspecified atom stereocenters. The third kappa shape index (κ3) is 2.58. The Morgan fingerprint density at radius 3 is 2.92 bits per heavy atom. The molecule has 0 spiro atoms. The van der Waals surface area contributed by atoms with Gasteiger partial charge in [0.2, 0.25) is 0 Å². The predicted molar refractivity (Wildman–Crippen MR) is 93.8 cm³/mol. The molecule has 0 fully saturated rings. The summed E-state index contributed by atoms with van der Waals surface area (Å²) in [6.07, 6.45) is 8.37. The number of hydrogen-bond acceptors (Lipinski definition) is 3. The van der Waals surface area contributed by atoms with E-state index < -0.39 is 0 Å². The molecule has 0 aliphatic carbocycles. The first-order valence-electron chi connectivity index (χ1n) is 8.03. The van der Waals surface area contributed by atoms with Crippen molar-refractivity contribution in [3.8, 4) is 0 Å². The monoisotopic (exact) mass is 317 g/mol. The van der Waals surface area contributed by atoms with Crippen molar-refractivity contribution in [1.82, 2.24) is 24.5 Å². The van der Waals surface area contributed by atoms with Crippen LogP contribution in [0.3, 0.4) is 0 Å². The molecule has 3 aromatic heterocycles. The van der Waals surface area contributed by atoms with Crippen LogP contribution in [-0.2, 0) is 13.5 Å². The van der Waals surface area contributed by atoms with Gasteiger partial charge in [0.25, 0.3) is 0 Å². The second-order valence-corrected chi connectivity index (χ2v) is 6.07. The van der Waals surface area contributed by atoms with Crippen molar-refractivity contribution in [3.63, 3.8) is 0 Å². The van der Waals surface area contributed by atoms with Gasteiger partial charge in [0.1, 0.15) is 5.82 Å². The van der Waals surface area contributed by atoms with Gasteiger partial charge in [0.05, 0.1) is 6.33 Å². The molecule has 3 heterocycles. The molecule has 0 aliphatic rings. The fraction of sp³-hybridized carbons (Fsp3) is 0.211. The summed E-state index contributed by atoms with van der Waals surface area (Å²) in [6.45, 7) is 1.92. The molecule has 5 nitrogen and oxygen atoms in total. The summed E-state index contributed by atoms with van der Waals surface area (Å²) in [6, 6.07) is 10.6. The zero-order chi connectivity index (χ0) is 16.5. The highest BCUT2D eigenvalue weighted by molar-refractivity contribution is 5.84. The number of hydrogen-bond donors (Lipinski definition) is 1. The van der Waals surface area contributed by atoms with Gasteiger partial charge in [-0.3, -0.25) is 0 Å². The molecule has 5 heteroatoms. The summed E-state index contributed by atoms with van der Waals surface area (Å²) in [5.74, 6) is 0.974. The summed E-state index contributed by atoms with van der Waals surface area (Å²) in [5.41, 5.74) is 4.65. The average molecular weight is 317 g/mol. The van der Waals surface area contributed by atoms with Crippen LogP contribution in [0.15, 0.2) is 55.2 Å². The highest BCUT2D eigenvalue weighted by atomic mass is 14.9. The van der Waals surface area contributed by atoms with Crippen molar-refractivity contribution in [3.05, 3.63) is 78.0 Å². The van der Waals surface area contributed by atoms with Gasteiger partial charge in [-0.05, 0) is 30.7 Å². The molecule has 0 saturated carbocycles. The van der Waals surface area contributed by atoms with E-state index in [2.05, 4.69) is 62.0 Å². The first-order valence-corrected chi connectivity index (χ1v) is 8.03. The fourth-order valence-corrected chi connectivity index (χ4v) is 3.30. The molecule has 0 amide bonds. The molecule has 0 saturated heterocycles. The van der Waals surface area contributed by atoms with Gasteiger partial charge in [0, 0.05) is 60.3 Å². The van der Waals surface area contributed by atoms with E-state index in [1.54, 1.807) is 6.33 Å². The molecule has 1 atom stereocenters. The van der Waals surface area contributed by atoms with E-state index in [1.807, 2.05) is 25.4 Å². The number of nitrogens with zero attached hydrogens (tertiary/aromatic N) is 4. The third-order valence-electron chi connectivity index (χ3n) is 4.48. The molecular formula is C19H19N5. The highest BCUT2D eigenvalue weighted by Gasteiger charge is 2.20. The van der Waals surface area contributed by atoms with E-state index in [1.165, 1.54) is 16.5 Å². The molecule has 4 rings (SSSR count). The molecule has 0 aliphatic heterocycles. The quantitative estimate of drug-likeness (QED) is 0.628. The van der Waals surface area contributed by atoms with Crippen LogP contribution >= 0.6 is 0 Å². The second kappa shape index (κ2) is 5.92. The van der Waals surface area contributed by atoms with Crippen LogP contribution in [0.5, 0.6) is 0 Å². The van der Waals surface area contributed by atoms with Crippen LogP contribution in [0, 0.1) is 6.92 Å². The molecule has 1 aromatic carbocycles. The zero-order valence-electron chi connectivity index (χ0n) is 13.8. The maximum absolute atomic E-state index is 4.58. The van der Waals surface area contributed by atoms with Crippen molar-refractivity contribution < 1.29 is 0 Å². The largest absolute Gasteiger partial charge is 0.351 e. The standard InChI is InChI=1S/C19H19N5/c1-13-21-8-6-14(23-13)10-17(18-11-20-12-22-18)15-4-3-5-19-16(15)7-9-24(19)2/h3-9,11-12,17H,10H2,1-2H3,(H,20,22). The van der Waals surface area contributed by atoms with Crippen LogP contribution in [0.2, 0.25) is 0 Å². The maximum atomic E-state index is 4.58. The molecule has 24 heavy (non-hydrogen) atoms. The van der Waals surface area contributed by atoms with E-state index in [9.17, 15) is 0 Å². The van der Waals surface area contributed by atoms with E-state index in [-0.39, 0.29) is 5.92 Å². The van der Waals surface area contributed by atoms with Gasteiger partial charge in [-0.2, -0.15) is 0 Å². The van der Waals surface area contributed by atoms with E-state index in [0.717, 1.165) is 23.6 Å². The molecule has 0 bridgehead atoms. The number of aromatic nitrogens is 5. The Morgan fingerprint density at radius 1 is 1.21 bits per heavy atom. The van der Waals surface area contributed by atoms with Crippen molar-refractivity contribution in [1.29, 1.82) is 0 Å². The molecule has 1 N–H and O–H groups in total. The first kappa shape index (κ1) is 14.6. The topological polar surface area (TPSA) is 59.4 Å². The van der Waals surface area contributed by atoms with Gasteiger partial charge in [-0.15, -0.1) is 0 Å². The Kier molecular flexibility index (Phi) is 3.61. The van der Waals surface area contributed by atoms with Gasteiger partial charge in [0.15, 0.2) is 0 Å². The van der Waals surface area contributed by atoms with Crippen LogP contribution in [0.1, 0.15) is 28.7 Å². The minimum atomic E-state index is 0.174. The lowest BCUT2D eigenvalue weighted by atomic mass is 9.89. The lowest BCUT2D eigenvalue weighted by Crippen LogP contribution is -2.08. The summed E-state index contributed by atoms with van der Waals surface area (Å²) < 4.78 is 2.15. The van der Waals surface area contributed by atoms with Crippen molar-refractivity contribution >= 4 is 10.9 Å². The fourth-order valence-electron chi connectivity index (χ4n) is 3.30. The van der Waals surface area contributed by atoms with Crippen LogP contribution in [0.4, 0.5) is 0 Å². The molecular weight excluding hydrogens is 298 g/mol. The smallest absolute Gasteiger partial charge is 0.125 e. The number of imidazole rings is 1. The van der Waals surface area contributed by atoms with Gasteiger partial charge in [-0.1, -0.05) is 12.1 Å². The molecule has 120 valence electrons. The highest BCUT2D eigenvalue weighted by Crippen LogP contribution is 2.32. The summed E-state index contributed by atoms with van der Waals surface area (Å²) >= 11 is 0. The zero-order valence-corrected chi connectivity index (χ0v) is 13.8. The normalized spacial score (nSPS) is 12.6. The van der Waals surface area contributed by atoms with Gasteiger partial charge >= 0.3 is 0 Å². The maximum Gasteiger partial charge on any atom is 0.125 e. The van der Waals surface area contributed by atoms with E-state index in [0.29, 0.717) is 0 Å². The SMILES string of the molecule is Cc1nccc(CC(c2cnc[nH]2)c2cccc3c2ccn3C)n1. The first-order chi connectivity index (χ1) is 11.7. The van der Waals surface area contributed by atoms with Crippen LogP contribution < -0.4 is 0 Å². The van der Waals surface area contributed by atoms with Crippen LogP contribution in [-0.4, -0.2) is 24.5 Å². The lowest BCUT2D eigenvalue weighted by molar-refractivity contribution is 0.758. The molecule has 4 aromatic rings. The van der Waals surface area contributed by atoms with Gasteiger partial charge < -0.3 is 9.55 Å². The minimum absolute atomic E-state index is 0.174. The average Bonchev–Trinajstić information content (AvgIpc) is 3.23. The van der Waals surface area contributed by atoms with Crippen molar-refractivity contribution in [2.75, 3.05) is 0 Å². The Labute approximate surface area is 140 Å². The summed E-state index contributed by atoms with van der Waals surface area (Å²) in [7, 11) is 2.07. The third-order valence-corrected chi connectivity index (χ3v) is 4.48. The van der Waals surface area contributed by atoms with Crippen molar-refractivity contribution in [2.24, 2.45) is 7.05 Å². The number of H-pyrrole nitrogens is 1. The Balaban J connectivity index is 1.83. The number of fused-ring (bicyclic) bond motifs is 1. The summed E-state index contributed by atoms with van der Waals surface area (Å²) in [4.78, 5) is 16.3. The van der Waals surface area contributed by atoms with Crippen molar-refractivity contribution in [2.45, 2.75) is 19.3 Å². The van der Waals surface area contributed by atoms with Gasteiger partial charge in [-0.25, -0.2) is 15.0 Å². The lowest BCUT2D eigenvalue weighted by Gasteiger charge is -2.17. The second-order valence-electron chi connectivity index (χ2n) is 6.07. The number of benzene rings is 1. The number of rotatable bonds is 4. The number of nitrogens with one attached hydrogen (secondary N) is 1. The molecule has 0 radical (unpaired) electrons. The Morgan fingerprint density at radius 2 is 2.12 bits per heavy atom.